The van der Waals surface area contributed by atoms with E-state index in [1.807, 2.05) is 0 Å². The van der Waals surface area contributed by atoms with Crippen molar-refractivity contribution in [2.45, 2.75) is 50.8 Å². The maximum atomic E-state index is 12.6. The lowest BCUT2D eigenvalue weighted by Gasteiger charge is -2.18. The highest BCUT2D eigenvalue weighted by molar-refractivity contribution is 7.91. The molecule has 1 aromatic carbocycles. The number of amides is 1. The average molecular weight is 480 g/mol. The van der Waals surface area contributed by atoms with Gasteiger partial charge in [0.25, 0.3) is 0 Å². The summed E-state index contributed by atoms with van der Waals surface area (Å²) in [4.78, 5) is 26.4. The molecule has 3 rings (SSSR count). The minimum atomic E-state index is -3.50. The first-order valence-electron chi connectivity index (χ1n) is 10.7. The maximum absolute atomic E-state index is 12.6. The third-order valence-corrected chi connectivity index (χ3v) is 8.47. The molecule has 0 saturated heterocycles. The van der Waals surface area contributed by atoms with Crippen molar-refractivity contribution in [1.82, 2.24) is 0 Å². The number of rotatable bonds is 9. The fourth-order valence-corrected chi connectivity index (χ4v) is 6.50. The second-order valence-electron chi connectivity index (χ2n) is 7.92. The highest BCUT2D eigenvalue weighted by Crippen LogP contribution is 2.40. The van der Waals surface area contributed by atoms with Gasteiger partial charge in [-0.3, -0.25) is 4.79 Å². The number of methoxy groups -OCH3 is 1. The topological polar surface area (TPSA) is 98.8 Å². The molecule has 0 saturated carbocycles. The van der Waals surface area contributed by atoms with Gasteiger partial charge in [0.05, 0.1) is 29.9 Å². The highest BCUT2D eigenvalue weighted by Gasteiger charge is 2.29. The van der Waals surface area contributed by atoms with E-state index >= 15 is 0 Å². The summed E-state index contributed by atoms with van der Waals surface area (Å²) in [7, 11) is -1.98. The summed E-state index contributed by atoms with van der Waals surface area (Å²) in [6.45, 7) is 4.19. The minimum Gasteiger partial charge on any atom is -0.497 e. The van der Waals surface area contributed by atoms with Gasteiger partial charge in [0.2, 0.25) is 5.91 Å². The van der Waals surface area contributed by atoms with Gasteiger partial charge < -0.3 is 14.8 Å². The lowest BCUT2D eigenvalue weighted by molar-refractivity contribution is -0.116. The third-order valence-electron chi connectivity index (χ3n) is 5.48. The molecule has 1 aromatic heterocycles. The zero-order chi connectivity index (χ0) is 23.3. The van der Waals surface area contributed by atoms with Crippen molar-refractivity contribution in [3.8, 4) is 5.75 Å². The SMILES string of the molecule is CCOC(=O)c1c(NC(=O)CCCS(=O)(=O)c2ccc(OC)cc2)sc2c1CCC(C)C2. The fourth-order valence-electron chi connectivity index (χ4n) is 3.77. The smallest absolute Gasteiger partial charge is 0.341 e. The number of ether oxygens (including phenoxy) is 2. The number of thiophene rings is 1. The van der Waals surface area contributed by atoms with Gasteiger partial charge in [0.15, 0.2) is 9.84 Å². The number of nitrogens with one attached hydrogen (secondary N) is 1. The van der Waals surface area contributed by atoms with Crippen molar-refractivity contribution in [2.75, 3.05) is 24.8 Å². The summed E-state index contributed by atoms with van der Waals surface area (Å²) in [5, 5.41) is 3.34. The lowest BCUT2D eigenvalue weighted by atomic mass is 9.88. The largest absolute Gasteiger partial charge is 0.497 e. The zero-order valence-corrected chi connectivity index (χ0v) is 20.2. The molecule has 174 valence electrons. The van der Waals surface area contributed by atoms with Crippen LogP contribution in [-0.2, 0) is 32.2 Å². The van der Waals surface area contributed by atoms with Gasteiger partial charge in [0.1, 0.15) is 10.8 Å². The minimum absolute atomic E-state index is 0.0383. The van der Waals surface area contributed by atoms with Gasteiger partial charge in [0, 0.05) is 11.3 Å². The summed E-state index contributed by atoms with van der Waals surface area (Å²) in [6.07, 6.45) is 2.87. The van der Waals surface area contributed by atoms with E-state index in [0.29, 0.717) is 22.2 Å². The Kier molecular flexibility index (Phi) is 7.95. The predicted molar refractivity (Wildman–Crippen MR) is 124 cm³/mol. The van der Waals surface area contributed by atoms with Gasteiger partial charge in [-0.05, 0) is 68.4 Å². The van der Waals surface area contributed by atoms with Gasteiger partial charge in [-0.2, -0.15) is 0 Å². The molecule has 1 aliphatic rings. The number of esters is 1. The molecular weight excluding hydrogens is 450 g/mol. The van der Waals surface area contributed by atoms with Crippen molar-refractivity contribution in [3.05, 3.63) is 40.3 Å². The molecule has 1 amide bonds. The van der Waals surface area contributed by atoms with Crippen LogP contribution >= 0.6 is 11.3 Å². The second-order valence-corrected chi connectivity index (χ2v) is 11.1. The summed E-state index contributed by atoms with van der Waals surface area (Å²) in [6, 6.07) is 6.18. The van der Waals surface area contributed by atoms with Crippen LogP contribution in [0.25, 0.3) is 0 Å². The number of hydrogen-bond acceptors (Lipinski definition) is 7. The van der Waals surface area contributed by atoms with Gasteiger partial charge >= 0.3 is 5.97 Å². The van der Waals surface area contributed by atoms with Crippen molar-refractivity contribution >= 4 is 38.1 Å². The Morgan fingerprint density at radius 2 is 1.94 bits per heavy atom. The van der Waals surface area contributed by atoms with Crippen LogP contribution in [-0.4, -0.2) is 39.8 Å². The van der Waals surface area contributed by atoms with Crippen molar-refractivity contribution in [1.29, 1.82) is 0 Å². The van der Waals surface area contributed by atoms with Crippen molar-refractivity contribution in [2.24, 2.45) is 5.92 Å². The number of benzene rings is 1. The molecule has 0 spiro atoms. The zero-order valence-electron chi connectivity index (χ0n) is 18.6. The molecule has 1 unspecified atom stereocenters. The van der Waals surface area contributed by atoms with Crippen molar-refractivity contribution in [3.63, 3.8) is 0 Å². The van der Waals surface area contributed by atoms with E-state index in [-0.39, 0.29) is 36.0 Å². The molecule has 0 radical (unpaired) electrons. The third kappa shape index (κ3) is 5.69. The second kappa shape index (κ2) is 10.5. The van der Waals surface area contributed by atoms with E-state index in [2.05, 4.69) is 12.2 Å². The predicted octanol–water partition coefficient (Wildman–Crippen LogP) is 4.25. The molecule has 1 N–H and O–H groups in total. The van der Waals surface area contributed by atoms with E-state index in [0.717, 1.165) is 29.7 Å². The Hall–Kier alpha value is -2.39. The Morgan fingerprint density at radius 3 is 2.59 bits per heavy atom. The fraction of sp³-hybridized carbons (Fsp3) is 0.478. The monoisotopic (exact) mass is 479 g/mol. The standard InChI is InChI=1S/C23H29NO6S2/c1-4-30-23(26)21-18-12-7-15(2)14-19(18)31-22(21)24-20(25)6-5-13-32(27,28)17-10-8-16(29-3)9-11-17/h8-11,15H,4-7,12-14H2,1-3H3,(H,24,25). The van der Waals surface area contributed by atoms with Gasteiger partial charge in [-0.15, -0.1) is 11.3 Å². The molecule has 1 heterocycles. The van der Waals surface area contributed by atoms with Gasteiger partial charge in [-0.1, -0.05) is 6.92 Å². The summed E-state index contributed by atoms with van der Waals surface area (Å²) < 4.78 is 35.3. The summed E-state index contributed by atoms with van der Waals surface area (Å²) in [5.41, 5.74) is 1.43. The van der Waals surface area contributed by atoms with Crippen LogP contribution in [0.5, 0.6) is 5.75 Å². The average Bonchev–Trinajstić information content (AvgIpc) is 3.10. The van der Waals surface area contributed by atoms with Crippen LogP contribution in [0.3, 0.4) is 0 Å². The van der Waals surface area contributed by atoms with Crippen LogP contribution in [0.2, 0.25) is 0 Å². The van der Waals surface area contributed by atoms with Crippen LogP contribution in [0, 0.1) is 5.92 Å². The number of fused-ring (bicyclic) bond motifs is 1. The molecule has 0 aliphatic heterocycles. The molecule has 9 heteroatoms. The molecule has 1 aliphatic carbocycles. The van der Waals surface area contributed by atoms with E-state index in [1.54, 1.807) is 19.1 Å². The Labute approximate surface area is 193 Å². The van der Waals surface area contributed by atoms with E-state index in [9.17, 15) is 18.0 Å². The Bertz CT molecular complexity index is 1070. The van der Waals surface area contributed by atoms with Crippen LogP contribution in [0.1, 0.15) is 53.9 Å². The number of carbonyl (C=O) groups is 2. The molecular formula is C23H29NO6S2. The molecule has 2 aromatic rings. The number of carbonyl (C=O) groups excluding carboxylic acids is 2. The van der Waals surface area contributed by atoms with E-state index in [4.69, 9.17) is 9.47 Å². The van der Waals surface area contributed by atoms with Crippen LogP contribution < -0.4 is 10.1 Å². The number of anilines is 1. The molecule has 1 atom stereocenters. The number of sulfone groups is 1. The van der Waals surface area contributed by atoms with E-state index in [1.165, 1.54) is 30.6 Å². The van der Waals surface area contributed by atoms with Crippen LogP contribution in [0.15, 0.2) is 29.2 Å². The maximum Gasteiger partial charge on any atom is 0.341 e. The summed E-state index contributed by atoms with van der Waals surface area (Å²) >= 11 is 1.42. The molecule has 0 fully saturated rings. The number of hydrogen-bond donors (Lipinski definition) is 1. The first-order chi connectivity index (χ1) is 15.2. The normalized spacial score (nSPS) is 15.7. The molecule has 7 nitrogen and oxygen atoms in total. The molecule has 32 heavy (non-hydrogen) atoms. The molecule has 0 bridgehead atoms. The lowest BCUT2D eigenvalue weighted by Crippen LogP contribution is -2.17. The van der Waals surface area contributed by atoms with Crippen LogP contribution in [0.4, 0.5) is 5.00 Å². The first kappa shape index (κ1) is 24.3. The Balaban J connectivity index is 1.65. The van der Waals surface area contributed by atoms with Crippen molar-refractivity contribution < 1.29 is 27.5 Å². The van der Waals surface area contributed by atoms with Gasteiger partial charge in [-0.25, -0.2) is 13.2 Å². The Morgan fingerprint density at radius 1 is 1.22 bits per heavy atom. The highest BCUT2D eigenvalue weighted by atomic mass is 32.2. The van der Waals surface area contributed by atoms with E-state index < -0.39 is 15.8 Å². The summed E-state index contributed by atoms with van der Waals surface area (Å²) in [5.74, 6) is 0.233. The first-order valence-corrected chi connectivity index (χ1v) is 13.2. The quantitative estimate of drug-likeness (QED) is 0.540.